The Bertz CT molecular complexity index is 870. The molecular formula is C20H21ClN4S. The summed E-state index contributed by atoms with van der Waals surface area (Å²) in [6.07, 6.45) is 3.68. The van der Waals surface area contributed by atoms with Gasteiger partial charge in [-0.3, -0.25) is 4.68 Å². The molecule has 1 heterocycles. The molecule has 3 aromatic rings. The van der Waals surface area contributed by atoms with E-state index in [1.54, 1.807) is 6.20 Å². The van der Waals surface area contributed by atoms with Crippen LogP contribution in [0.4, 0.5) is 11.4 Å². The number of hydrogen-bond acceptors (Lipinski definition) is 2. The van der Waals surface area contributed by atoms with Crippen molar-refractivity contribution in [2.75, 3.05) is 10.6 Å². The molecule has 0 aliphatic carbocycles. The minimum atomic E-state index is 0.514. The topological polar surface area (TPSA) is 41.9 Å². The number of rotatable bonds is 5. The summed E-state index contributed by atoms with van der Waals surface area (Å²) in [5.74, 6) is 0.514. The molecule has 4 nitrogen and oxygen atoms in total. The van der Waals surface area contributed by atoms with Crippen molar-refractivity contribution >= 4 is 40.3 Å². The smallest absolute Gasteiger partial charge is 0.175 e. The van der Waals surface area contributed by atoms with E-state index in [0.717, 1.165) is 22.0 Å². The van der Waals surface area contributed by atoms with E-state index >= 15 is 0 Å². The van der Waals surface area contributed by atoms with Gasteiger partial charge in [-0.15, -0.1) is 0 Å². The van der Waals surface area contributed by atoms with Crippen molar-refractivity contribution in [1.29, 1.82) is 0 Å². The fraction of sp³-hybridized carbons (Fsp3) is 0.200. The second kappa shape index (κ2) is 8.34. The van der Waals surface area contributed by atoms with Crippen molar-refractivity contribution in [3.63, 3.8) is 0 Å². The maximum atomic E-state index is 5.91. The Morgan fingerprint density at radius 3 is 2.35 bits per heavy atom. The molecule has 3 rings (SSSR count). The van der Waals surface area contributed by atoms with E-state index in [1.165, 1.54) is 5.56 Å². The van der Waals surface area contributed by atoms with Gasteiger partial charge in [-0.25, -0.2) is 0 Å². The van der Waals surface area contributed by atoms with E-state index in [-0.39, 0.29) is 0 Å². The Labute approximate surface area is 164 Å². The highest BCUT2D eigenvalue weighted by Crippen LogP contribution is 2.17. The molecule has 0 bridgehead atoms. The molecule has 1 aromatic heterocycles. The molecule has 0 amide bonds. The quantitative estimate of drug-likeness (QED) is 0.568. The van der Waals surface area contributed by atoms with Crippen molar-refractivity contribution in [3.8, 4) is 0 Å². The molecule has 2 aromatic carbocycles. The van der Waals surface area contributed by atoms with Gasteiger partial charge in [0, 0.05) is 16.9 Å². The van der Waals surface area contributed by atoms with Crippen LogP contribution >= 0.6 is 23.8 Å². The molecule has 0 fully saturated rings. The first-order valence-corrected chi connectivity index (χ1v) is 9.23. The lowest BCUT2D eigenvalue weighted by molar-refractivity contribution is 0.687. The van der Waals surface area contributed by atoms with Crippen molar-refractivity contribution in [3.05, 3.63) is 77.1 Å². The van der Waals surface area contributed by atoms with Gasteiger partial charge in [0.2, 0.25) is 0 Å². The predicted octanol–water partition coefficient (Wildman–Crippen LogP) is 5.52. The maximum absolute atomic E-state index is 5.91. The lowest BCUT2D eigenvalue weighted by Gasteiger charge is -2.10. The number of thiocarbonyl (C=S) groups is 1. The number of anilines is 2. The minimum absolute atomic E-state index is 0.514. The summed E-state index contributed by atoms with van der Waals surface area (Å²) in [5.41, 5.74) is 4.24. The summed E-state index contributed by atoms with van der Waals surface area (Å²) < 4.78 is 1.85. The number of halogens is 1. The van der Waals surface area contributed by atoms with Gasteiger partial charge in [0.25, 0.3) is 0 Å². The third kappa shape index (κ3) is 5.07. The number of nitrogens with zero attached hydrogens (tertiary/aromatic N) is 2. The molecule has 0 atom stereocenters. The summed E-state index contributed by atoms with van der Waals surface area (Å²) in [5, 5.41) is 12.0. The fourth-order valence-electron chi connectivity index (χ4n) is 2.54. The summed E-state index contributed by atoms with van der Waals surface area (Å²) in [6, 6.07) is 16.0. The van der Waals surface area contributed by atoms with Gasteiger partial charge in [0.15, 0.2) is 5.11 Å². The largest absolute Gasteiger partial charge is 0.332 e. The van der Waals surface area contributed by atoms with Crippen LogP contribution in [0.2, 0.25) is 5.02 Å². The molecule has 0 saturated heterocycles. The minimum Gasteiger partial charge on any atom is -0.332 e. The van der Waals surface area contributed by atoms with Gasteiger partial charge in [-0.2, -0.15) is 5.10 Å². The molecule has 6 heteroatoms. The van der Waals surface area contributed by atoms with Crippen molar-refractivity contribution in [2.45, 2.75) is 26.3 Å². The Hall–Kier alpha value is -2.37. The van der Waals surface area contributed by atoms with E-state index in [2.05, 4.69) is 41.7 Å². The average molecular weight is 385 g/mol. The molecule has 2 N–H and O–H groups in total. The molecule has 0 saturated carbocycles. The first-order chi connectivity index (χ1) is 12.5. The Morgan fingerprint density at radius 1 is 1.04 bits per heavy atom. The van der Waals surface area contributed by atoms with Gasteiger partial charge in [-0.1, -0.05) is 49.7 Å². The normalized spacial score (nSPS) is 10.8. The highest BCUT2D eigenvalue weighted by Gasteiger charge is 2.04. The lowest BCUT2D eigenvalue weighted by atomic mass is 10.0. The van der Waals surface area contributed by atoms with Crippen LogP contribution in [-0.4, -0.2) is 14.9 Å². The molecule has 0 aliphatic rings. The molecule has 0 aliphatic heterocycles. The lowest BCUT2D eigenvalue weighted by Crippen LogP contribution is -2.18. The summed E-state index contributed by atoms with van der Waals surface area (Å²) in [7, 11) is 0. The zero-order valence-electron chi connectivity index (χ0n) is 14.7. The van der Waals surface area contributed by atoms with E-state index in [0.29, 0.717) is 17.6 Å². The van der Waals surface area contributed by atoms with E-state index in [1.807, 2.05) is 47.3 Å². The van der Waals surface area contributed by atoms with Crippen LogP contribution in [0, 0.1) is 0 Å². The second-order valence-electron chi connectivity index (χ2n) is 6.41. The maximum Gasteiger partial charge on any atom is 0.175 e. The van der Waals surface area contributed by atoms with Crippen molar-refractivity contribution in [2.24, 2.45) is 0 Å². The summed E-state index contributed by atoms with van der Waals surface area (Å²) >= 11 is 11.3. The summed E-state index contributed by atoms with van der Waals surface area (Å²) in [4.78, 5) is 0. The van der Waals surface area contributed by atoms with Crippen molar-refractivity contribution in [1.82, 2.24) is 9.78 Å². The first kappa shape index (κ1) is 18.4. The third-order valence-corrected chi connectivity index (χ3v) is 4.44. The summed E-state index contributed by atoms with van der Waals surface area (Å²) in [6.45, 7) is 5.03. The Balaban J connectivity index is 1.56. The third-order valence-electron chi connectivity index (χ3n) is 3.98. The molecule has 0 unspecified atom stereocenters. The zero-order chi connectivity index (χ0) is 18.5. The standard InChI is InChI=1S/C20H21ClN4S/c1-14(2)16-5-9-18(10-6-16)23-20(26)24-19-11-22-25(13-19)12-15-3-7-17(21)8-4-15/h3-11,13-14H,12H2,1-2H3,(H2,23,24,26). The Morgan fingerprint density at radius 2 is 1.69 bits per heavy atom. The van der Waals surface area contributed by atoms with Gasteiger partial charge < -0.3 is 10.6 Å². The van der Waals surface area contributed by atoms with E-state index in [9.17, 15) is 0 Å². The van der Waals surface area contributed by atoms with Crippen LogP contribution < -0.4 is 10.6 Å². The second-order valence-corrected chi connectivity index (χ2v) is 7.25. The van der Waals surface area contributed by atoms with Gasteiger partial charge >= 0.3 is 0 Å². The van der Waals surface area contributed by atoms with Crippen LogP contribution in [0.25, 0.3) is 0 Å². The fourth-order valence-corrected chi connectivity index (χ4v) is 2.90. The number of benzene rings is 2. The molecule has 0 spiro atoms. The van der Waals surface area contributed by atoms with Crippen LogP contribution in [-0.2, 0) is 6.54 Å². The molecule has 0 radical (unpaired) electrons. The molecule has 26 heavy (non-hydrogen) atoms. The number of hydrogen-bond donors (Lipinski definition) is 2. The monoisotopic (exact) mass is 384 g/mol. The van der Waals surface area contributed by atoms with Gasteiger partial charge in [-0.05, 0) is 53.5 Å². The molecule has 134 valence electrons. The van der Waals surface area contributed by atoms with Crippen LogP contribution in [0.5, 0.6) is 0 Å². The van der Waals surface area contributed by atoms with E-state index < -0.39 is 0 Å². The number of aromatic nitrogens is 2. The van der Waals surface area contributed by atoms with Gasteiger partial charge in [0.05, 0.1) is 18.4 Å². The van der Waals surface area contributed by atoms with Crippen LogP contribution in [0.1, 0.15) is 30.9 Å². The zero-order valence-corrected chi connectivity index (χ0v) is 16.3. The van der Waals surface area contributed by atoms with Crippen LogP contribution in [0.15, 0.2) is 60.9 Å². The van der Waals surface area contributed by atoms with Crippen molar-refractivity contribution < 1.29 is 0 Å². The highest BCUT2D eigenvalue weighted by atomic mass is 35.5. The van der Waals surface area contributed by atoms with E-state index in [4.69, 9.17) is 23.8 Å². The average Bonchev–Trinajstić information content (AvgIpc) is 3.04. The predicted molar refractivity (Wildman–Crippen MR) is 113 cm³/mol. The molecular weight excluding hydrogens is 364 g/mol. The van der Waals surface area contributed by atoms with Gasteiger partial charge in [0.1, 0.15) is 0 Å². The van der Waals surface area contributed by atoms with Crippen LogP contribution in [0.3, 0.4) is 0 Å². The SMILES string of the molecule is CC(C)c1ccc(NC(=S)Nc2cnn(Cc3ccc(Cl)cc3)c2)cc1. The number of nitrogens with one attached hydrogen (secondary N) is 2. The highest BCUT2D eigenvalue weighted by molar-refractivity contribution is 7.80. The Kier molecular flexibility index (Phi) is 5.91. The first-order valence-electron chi connectivity index (χ1n) is 8.44.